The Labute approximate surface area is 109 Å². The van der Waals surface area contributed by atoms with Crippen molar-refractivity contribution >= 4 is 0 Å². The van der Waals surface area contributed by atoms with Crippen LogP contribution in [-0.4, -0.2) is 29.0 Å². The third kappa shape index (κ3) is 3.07. The Morgan fingerprint density at radius 3 is 3.00 bits per heavy atom. The zero-order valence-corrected chi connectivity index (χ0v) is 10.3. The van der Waals surface area contributed by atoms with Crippen LogP contribution in [0.4, 0.5) is 4.39 Å². The van der Waals surface area contributed by atoms with E-state index >= 15 is 0 Å². The molecule has 0 radical (unpaired) electrons. The topological polar surface area (TPSA) is 94.4 Å². The van der Waals surface area contributed by atoms with Crippen LogP contribution in [0.2, 0.25) is 0 Å². The van der Waals surface area contributed by atoms with Crippen LogP contribution < -0.4 is 5.73 Å². The van der Waals surface area contributed by atoms with Crippen molar-refractivity contribution in [2.45, 2.75) is 12.5 Å². The van der Waals surface area contributed by atoms with Gasteiger partial charge in [0.15, 0.2) is 11.6 Å². The number of nitrogens with zero attached hydrogens (tertiary/aromatic N) is 2. The van der Waals surface area contributed by atoms with E-state index in [1.165, 1.54) is 12.1 Å². The van der Waals surface area contributed by atoms with Crippen molar-refractivity contribution in [2.75, 3.05) is 13.7 Å². The fourth-order valence-corrected chi connectivity index (χ4v) is 1.52. The number of ether oxygens (including phenoxy) is 1. The van der Waals surface area contributed by atoms with Gasteiger partial charge >= 0.3 is 0 Å². The minimum Gasteiger partial charge on any atom is -0.505 e. The predicted octanol–water partition coefficient (Wildman–Crippen LogP) is 1.62. The lowest BCUT2D eigenvalue weighted by molar-refractivity contribution is 0.182. The molecule has 1 heterocycles. The van der Waals surface area contributed by atoms with Gasteiger partial charge in [-0.05, 0) is 24.6 Å². The summed E-state index contributed by atoms with van der Waals surface area (Å²) in [4.78, 5) is 4.10. The van der Waals surface area contributed by atoms with Crippen LogP contribution >= 0.6 is 0 Å². The van der Waals surface area contributed by atoms with Crippen LogP contribution in [-0.2, 0) is 4.74 Å². The second kappa shape index (κ2) is 5.77. The lowest BCUT2D eigenvalue weighted by Gasteiger charge is -2.04. The second-order valence-corrected chi connectivity index (χ2v) is 4.01. The number of hydrogen-bond donors (Lipinski definition) is 2. The molecule has 0 aliphatic carbocycles. The van der Waals surface area contributed by atoms with Crippen LogP contribution in [0.15, 0.2) is 22.7 Å². The summed E-state index contributed by atoms with van der Waals surface area (Å²) in [7, 11) is 1.57. The molecular formula is C12H14FN3O3. The van der Waals surface area contributed by atoms with Crippen molar-refractivity contribution in [1.82, 2.24) is 10.1 Å². The molecule has 0 saturated heterocycles. The van der Waals surface area contributed by atoms with Gasteiger partial charge in [-0.2, -0.15) is 4.98 Å². The summed E-state index contributed by atoms with van der Waals surface area (Å²) in [5.74, 6) is -0.681. The third-order valence-corrected chi connectivity index (χ3v) is 2.60. The van der Waals surface area contributed by atoms with Gasteiger partial charge in [-0.1, -0.05) is 5.16 Å². The van der Waals surface area contributed by atoms with Crippen molar-refractivity contribution in [1.29, 1.82) is 0 Å². The molecular weight excluding hydrogens is 253 g/mol. The maximum atomic E-state index is 13.2. The predicted molar refractivity (Wildman–Crippen MR) is 64.8 cm³/mol. The summed E-state index contributed by atoms with van der Waals surface area (Å²) in [5, 5.41) is 12.8. The van der Waals surface area contributed by atoms with Crippen LogP contribution in [0, 0.1) is 5.82 Å². The zero-order valence-electron chi connectivity index (χ0n) is 10.3. The molecule has 2 aromatic rings. The summed E-state index contributed by atoms with van der Waals surface area (Å²) in [6, 6.07) is 3.42. The maximum absolute atomic E-state index is 13.2. The molecule has 3 N–H and O–H groups in total. The normalized spacial score (nSPS) is 12.6. The minimum atomic E-state index is -0.743. The van der Waals surface area contributed by atoms with E-state index in [4.69, 9.17) is 20.1 Å². The Balaban J connectivity index is 2.18. The van der Waals surface area contributed by atoms with E-state index in [1.54, 1.807) is 7.11 Å². The van der Waals surface area contributed by atoms with Gasteiger partial charge in [-0.3, -0.25) is 0 Å². The average molecular weight is 267 g/mol. The van der Waals surface area contributed by atoms with Crippen molar-refractivity contribution < 1.29 is 18.8 Å². The first-order valence-electron chi connectivity index (χ1n) is 5.69. The van der Waals surface area contributed by atoms with E-state index in [0.717, 1.165) is 6.07 Å². The number of halogens is 1. The number of rotatable bonds is 5. The van der Waals surface area contributed by atoms with Crippen molar-refractivity contribution in [3.8, 4) is 17.1 Å². The number of phenolic OH excluding ortho intramolecular Hbond substituents is 1. The number of nitrogens with two attached hydrogens (primary N) is 1. The Bertz CT molecular complexity index is 559. The molecule has 0 fully saturated rings. The molecule has 0 saturated carbocycles. The molecule has 102 valence electrons. The van der Waals surface area contributed by atoms with Crippen LogP contribution in [0.1, 0.15) is 18.4 Å². The molecule has 1 atom stereocenters. The van der Waals surface area contributed by atoms with Crippen molar-refractivity contribution in [3.63, 3.8) is 0 Å². The average Bonchev–Trinajstić information content (AvgIpc) is 2.89. The molecule has 19 heavy (non-hydrogen) atoms. The molecule has 6 nitrogen and oxygen atoms in total. The molecule has 0 bridgehead atoms. The highest BCUT2D eigenvalue weighted by molar-refractivity contribution is 5.55. The van der Waals surface area contributed by atoms with Crippen LogP contribution in [0.25, 0.3) is 11.4 Å². The number of aromatic nitrogens is 2. The van der Waals surface area contributed by atoms with Gasteiger partial charge in [0.25, 0.3) is 0 Å². The monoisotopic (exact) mass is 267 g/mol. The summed E-state index contributed by atoms with van der Waals surface area (Å²) < 4.78 is 23.1. The van der Waals surface area contributed by atoms with Gasteiger partial charge in [0, 0.05) is 19.3 Å². The molecule has 7 heteroatoms. The number of phenols is 1. The van der Waals surface area contributed by atoms with E-state index < -0.39 is 17.6 Å². The van der Waals surface area contributed by atoms with Crippen LogP contribution in [0.5, 0.6) is 5.75 Å². The lowest BCUT2D eigenvalue weighted by Crippen LogP contribution is -2.12. The van der Waals surface area contributed by atoms with Gasteiger partial charge in [-0.25, -0.2) is 4.39 Å². The van der Waals surface area contributed by atoms with Gasteiger partial charge in [0.2, 0.25) is 11.7 Å². The number of benzene rings is 1. The van der Waals surface area contributed by atoms with E-state index in [2.05, 4.69) is 10.1 Å². The number of methoxy groups -OCH3 is 1. The van der Waals surface area contributed by atoms with Gasteiger partial charge in [-0.15, -0.1) is 0 Å². The van der Waals surface area contributed by atoms with Crippen molar-refractivity contribution in [2.24, 2.45) is 5.73 Å². The standard InChI is InChI=1S/C12H14FN3O3/c1-18-5-4-9(14)12-15-11(16-19-12)7-2-3-10(17)8(13)6-7/h2-3,6,9,17H,4-5,14H2,1H3. The number of aromatic hydroxyl groups is 1. The molecule has 1 aromatic carbocycles. The highest BCUT2D eigenvalue weighted by atomic mass is 19.1. The molecule has 1 aromatic heterocycles. The van der Waals surface area contributed by atoms with E-state index in [-0.39, 0.29) is 11.7 Å². The Hall–Kier alpha value is -1.99. The molecule has 2 rings (SSSR count). The maximum Gasteiger partial charge on any atom is 0.243 e. The van der Waals surface area contributed by atoms with E-state index in [9.17, 15) is 4.39 Å². The third-order valence-electron chi connectivity index (χ3n) is 2.60. The summed E-state index contributed by atoms with van der Waals surface area (Å²) in [6.45, 7) is 0.479. The first-order chi connectivity index (χ1) is 9.11. The first kappa shape index (κ1) is 13.4. The smallest absolute Gasteiger partial charge is 0.243 e. The SMILES string of the molecule is COCCC(N)c1nc(-c2ccc(O)c(F)c2)no1. The largest absolute Gasteiger partial charge is 0.505 e. The van der Waals surface area contributed by atoms with Gasteiger partial charge in [0.05, 0.1) is 6.04 Å². The quantitative estimate of drug-likeness (QED) is 0.854. The molecule has 0 spiro atoms. The fourth-order valence-electron chi connectivity index (χ4n) is 1.52. The molecule has 0 amide bonds. The Kier molecular flexibility index (Phi) is 4.08. The highest BCUT2D eigenvalue weighted by Crippen LogP contribution is 2.24. The molecule has 1 unspecified atom stereocenters. The Morgan fingerprint density at radius 1 is 1.53 bits per heavy atom. The second-order valence-electron chi connectivity index (χ2n) is 4.01. The summed E-state index contributed by atoms with van der Waals surface area (Å²) in [6.07, 6.45) is 0.544. The summed E-state index contributed by atoms with van der Waals surface area (Å²) in [5.41, 5.74) is 6.24. The highest BCUT2D eigenvalue weighted by Gasteiger charge is 2.16. The lowest BCUT2D eigenvalue weighted by atomic mass is 10.2. The van der Waals surface area contributed by atoms with E-state index in [0.29, 0.717) is 18.6 Å². The summed E-state index contributed by atoms with van der Waals surface area (Å²) >= 11 is 0. The number of hydrogen-bond acceptors (Lipinski definition) is 6. The van der Waals surface area contributed by atoms with Gasteiger partial charge < -0.3 is 20.1 Å². The first-order valence-corrected chi connectivity index (χ1v) is 5.69. The van der Waals surface area contributed by atoms with Gasteiger partial charge in [0.1, 0.15) is 0 Å². The van der Waals surface area contributed by atoms with Crippen LogP contribution in [0.3, 0.4) is 0 Å². The van der Waals surface area contributed by atoms with Crippen molar-refractivity contribution in [3.05, 3.63) is 29.9 Å². The molecule has 0 aliphatic heterocycles. The molecule has 0 aliphatic rings. The van der Waals surface area contributed by atoms with E-state index in [1.807, 2.05) is 0 Å². The fraction of sp³-hybridized carbons (Fsp3) is 0.333. The minimum absolute atomic E-state index is 0.224. The zero-order chi connectivity index (χ0) is 13.8. The Morgan fingerprint density at radius 2 is 2.32 bits per heavy atom.